The Morgan fingerprint density at radius 1 is 1.59 bits per heavy atom. The molecule has 0 aromatic carbocycles. The summed E-state index contributed by atoms with van der Waals surface area (Å²) >= 11 is 1.38. The van der Waals surface area contributed by atoms with Gasteiger partial charge in [0.05, 0.1) is 19.4 Å². The van der Waals surface area contributed by atoms with E-state index < -0.39 is 16.0 Å². The van der Waals surface area contributed by atoms with Crippen LogP contribution in [0.15, 0.2) is 11.6 Å². The number of sulfonamides is 1. The lowest BCUT2D eigenvalue weighted by molar-refractivity contribution is -0.140. The van der Waals surface area contributed by atoms with Crippen molar-refractivity contribution < 1.29 is 17.9 Å². The number of rotatable bonds is 7. The molecule has 0 aliphatic carbocycles. The van der Waals surface area contributed by atoms with E-state index in [4.69, 9.17) is 0 Å². The van der Waals surface area contributed by atoms with Crippen molar-refractivity contribution >= 4 is 27.3 Å². The summed E-state index contributed by atoms with van der Waals surface area (Å²) in [5, 5.41) is 2.49. The van der Waals surface area contributed by atoms with Crippen LogP contribution in [0.4, 0.5) is 0 Å². The number of hydrogen-bond acceptors (Lipinski definition) is 6. The lowest BCUT2D eigenvalue weighted by Gasteiger charge is -2.04. The van der Waals surface area contributed by atoms with E-state index >= 15 is 0 Å². The monoisotopic (exact) mass is 278 g/mol. The second-order valence-electron chi connectivity index (χ2n) is 3.25. The van der Waals surface area contributed by atoms with Gasteiger partial charge < -0.3 is 4.74 Å². The maximum atomic E-state index is 11.5. The lowest BCUT2D eigenvalue weighted by atomic mass is 10.3. The minimum absolute atomic E-state index is 0.0898. The van der Waals surface area contributed by atoms with Crippen LogP contribution < -0.4 is 4.72 Å². The molecule has 6 nitrogen and oxygen atoms in total. The van der Waals surface area contributed by atoms with E-state index in [-0.39, 0.29) is 25.1 Å². The van der Waals surface area contributed by atoms with Gasteiger partial charge in [-0.25, -0.2) is 18.1 Å². The zero-order valence-corrected chi connectivity index (χ0v) is 11.0. The maximum Gasteiger partial charge on any atom is 0.305 e. The number of methoxy groups -OCH3 is 1. The molecule has 1 aromatic rings. The summed E-state index contributed by atoms with van der Waals surface area (Å²) in [5.74, 6) is -0.492. The Bertz CT molecular complexity index is 442. The fourth-order valence-electron chi connectivity index (χ4n) is 1.09. The first-order chi connectivity index (χ1) is 8.03. The Morgan fingerprint density at radius 3 is 2.94 bits per heavy atom. The van der Waals surface area contributed by atoms with E-state index in [1.54, 1.807) is 11.6 Å². The molecule has 1 heterocycles. The second kappa shape index (κ2) is 6.67. The molecule has 1 N–H and O–H groups in total. The van der Waals surface area contributed by atoms with E-state index in [1.165, 1.54) is 18.4 Å². The molecule has 0 radical (unpaired) electrons. The Hall–Kier alpha value is -0.990. The number of esters is 1. The van der Waals surface area contributed by atoms with Gasteiger partial charge in [0.2, 0.25) is 10.0 Å². The highest BCUT2D eigenvalue weighted by Crippen LogP contribution is 2.04. The average Bonchev–Trinajstić information content (AvgIpc) is 2.79. The van der Waals surface area contributed by atoms with Crippen molar-refractivity contribution in [1.29, 1.82) is 0 Å². The molecule has 17 heavy (non-hydrogen) atoms. The van der Waals surface area contributed by atoms with Crippen LogP contribution in [0.2, 0.25) is 0 Å². The van der Waals surface area contributed by atoms with E-state index in [2.05, 4.69) is 14.4 Å². The summed E-state index contributed by atoms with van der Waals surface area (Å²) in [4.78, 5) is 14.8. The average molecular weight is 278 g/mol. The fraction of sp³-hybridized carbons (Fsp3) is 0.556. The van der Waals surface area contributed by atoms with Crippen LogP contribution in [-0.4, -0.2) is 32.2 Å². The van der Waals surface area contributed by atoms with Crippen LogP contribution in [0, 0.1) is 0 Å². The third kappa shape index (κ3) is 5.76. The molecule has 0 bridgehead atoms. The third-order valence-corrected chi connectivity index (χ3v) is 4.14. The molecule has 0 unspecified atom stereocenters. The number of aromatic nitrogens is 1. The number of thiazole rings is 1. The summed E-state index contributed by atoms with van der Waals surface area (Å²) < 4.78 is 29.9. The van der Waals surface area contributed by atoms with Crippen LogP contribution in [0.5, 0.6) is 0 Å². The van der Waals surface area contributed by atoms with Gasteiger partial charge in [0.15, 0.2) is 0 Å². The van der Waals surface area contributed by atoms with E-state index in [0.29, 0.717) is 5.01 Å². The van der Waals surface area contributed by atoms with Gasteiger partial charge in [-0.1, -0.05) is 0 Å². The first kappa shape index (κ1) is 14.1. The molecule has 96 valence electrons. The van der Waals surface area contributed by atoms with Gasteiger partial charge in [0.1, 0.15) is 5.01 Å². The van der Waals surface area contributed by atoms with Crippen molar-refractivity contribution in [2.24, 2.45) is 0 Å². The standard InChI is InChI=1S/C9H14N2O4S2/c1-15-9(12)3-2-6-17(13,14)11-7-8-10-4-5-16-8/h4-5,11H,2-3,6-7H2,1H3. The summed E-state index contributed by atoms with van der Waals surface area (Å²) in [5.41, 5.74) is 0. The molecule has 0 aliphatic rings. The highest BCUT2D eigenvalue weighted by molar-refractivity contribution is 7.89. The van der Waals surface area contributed by atoms with Crippen molar-refractivity contribution in [3.8, 4) is 0 Å². The minimum atomic E-state index is -3.35. The molecule has 0 amide bonds. The quantitative estimate of drug-likeness (QED) is 0.735. The molecule has 1 aromatic heterocycles. The van der Waals surface area contributed by atoms with Crippen molar-refractivity contribution in [3.05, 3.63) is 16.6 Å². The molecule has 0 atom stereocenters. The Labute approximate surface area is 104 Å². The maximum absolute atomic E-state index is 11.5. The van der Waals surface area contributed by atoms with Crippen LogP contribution in [0.1, 0.15) is 17.8 Å². The van der Waals surface area contributed by atoms with Crippen molar-refractivity contribution in [2.45, 2.75) is 19.4 Å². The molecule has 0 spiro atoms. The number of nitrogens with one attached hydrogen (secondary N) is 1. The molecular weight excluding hydrogens is 264 g/mol. The molecule has 8 heteroatoms. The number of hydrogen-bond donors (Lipinski definition) is 1. The van der Waals surface area contributed by atoms with Crippen LogP contribution in [0.3, 0.4) is 0 Å². The number of nitrogens with zero attached hydrogens (tertiary/aromatic N) is 1. The molecule has 0 aliphatic heterocycles. The van der Waals surface area contributed by atoms with Crippen LogP contribution >= 0.6 is 11.3 Å². The van der Waals surface area contributed by atoms with Gasteiger partial charge in [0, 0.05) is 18.0 Å². The minimum Gasteiger partial charge on any atom is -0.469 e. The molecule has 1 rings (SSSR count). The van der Waals surface area contributed by atoms with Gasteiger partial charge in [-0.3, -0.25) is 4.79 Å². The second-order valence-corrected chi connectivity index (χ2v) is 6.15. The predicted molar refractivity (Wildman–Crippen MR) is 64.0 cm³/mol. The predicted octanol–water partition coefficient (Wildman–Crippen LogP) is 0.516. The SMILES string of the molecule is COC(=O)CCCS(=O)(=O)NCc1nccs1. The van der Waals surface area contributed by atoms with Crippen molar-refractivity contribution in [3.63, 3.8) is 0 Å². The molecule has 0 fully saturated rings. The largest absolute Gasteiger partial charge is 0.469 e. The highest BCUT2D eigenvalue weighted by Gasteiger charge is 2.11. The van der Waals surface area contributed by atoms with Gasteiger partial charge in [-0.15, -0.1) is 11.3 Å². The van der Waals surface area contributed by atoms with E-state index in [1.807, 2.05) is 0 Å². The Balaban J connectivity index is 2.29. The Kier molecular flexibility index (Phi) is 5.52. The first-order valence-electron chi connectivity index (χ1n) is 4.96. The third-order valence-electron chi connectivity index (χ3n) is 1.95. The molecule has 0 saturated carbocycles. The van der Waals surface area contributed by atoms with Crippen molar-refractivity contribution in [2.75, 3.05) is 12.9 Å². The first-order valence-corrected chi connectivity index (χ1v) is 7.49. The highest BCUT2D eigenvalue weighted by atomic mass is 32.2. The van der Waals surface area contributed by atoms with Gasteiger partial charge in [-0.05, 0) is 6.42 Å². The van der Waals surface area contributed by atoms with E-state index in [9.17, 15) is 13.2 Å². The van der Waals surface area contributed by atoms with Gasteiger partial charge >= 0.3 is 5.97 Å². The number of ether oxygens (including phenoxy) is 1. The summed E-state index contributed by atoms with van der Waals surface area (Å²) in [6, 6.07) is 0. The zero-order valence-electron chi connectivity index (χ0n) is 9.38. The lowest BCUT2D eigenvalue weighted by Crippen LogP contribution is -2.26. The topological polar surface area (TPSA) is 85.4 Å². The summed E-state index contributed by atoms with van der Waals surface area (Å²) in [6.45, 7) is 0.193. The normalized spacial score (nSPS) is 11.4. The van der Waals surface area contributed by atoms with Gasteiger partial charge in [0.25, 0.3) is 0 Å². The Morgan fingerprint density at radius 2 is 2.35 bits per heavy atom. The summed E-state index contributed by atoms with van der Waals surface area (Å²) in [6.07, 6.45) is 1.97. The zero-order chi connectivity index (χ0) is 12.7. The number of carbonyl (C=O) groups is 1. The van der Waals surface area contributed by atoms with Gasteiger partial charge in [-0.2, -0.15) is 0 Å². The molecule has 0 saturated heterocycles. The molecular formula is C9H14N2O4S2. The van der Waals surface area contributed by atoms with Crippen LogP contribution in [-0.2, 0) is 26.1 Å². The number of carbonyl (C=O) groups excluding carboxylic acids is 1. The summed E-state index contributed by atoms with van der Waals surface area (Å²) in [7, 11) is -2.08. The van der Waals surface area contributed by atoms with Crippen LogP contribution in [0.25, 0.3) is 0 Å². The fourth-order valence-corrected chi connectivity index (χ4v) is 2.77. The van der Waals surface area contributed by atoms with E-state index in [0.717, 1.165) is 0 Å². The van der Waals surface area contributed by atoms with Crippen molar-refractivity contribution in [1.82, 2.24) is 9.71 Å². The smallest absolute Gasteiger partial charge is 0.305 e.